The van der Waals surface area contributed by atoms with Crippen molar-refractivity contribution in [1.29, 1.82) is 0 Å². The van der Waals surface area contributed by atoms with Crippen molar-refractivity contribution >= 4 is 17.5 Å². The molecule has 0 aromatic heterocycles. The van der Waals surface area contributed by atoms with E-state index in [4.69, 9.17) is 5.11 Å². The normalized spacial score (nSPS) is 23.7. The van der Waals surface area contributed by atoms with Crippen molar-refractivity contribution in [3.05, 3.63) is 30.1 Å². The Morgan fingerprint density at radius 2 is 1.74 bits per heavy atom. The molecule has 23 heavy (non-hydrogen) atoms. The molecule has 2 aliphatic heterocycles. The average Bonchev–Trinajstić information content (AvgIpc) is 2.84. The van der Waals surface area contributed by atoms with E-state index in [0.29, 0.717) is 25.3 Å². The maximum atomic E-state index is 13.0. The lowest BCUT2D eigenvalue weighted by atomic mass is 10.1. The first-order valence-corrected chi connectivity index (χ1v) is 7.80. The zero-order chi connectivity index (χ0) is 16.4. The van der Waals surface area contributed by atoms with Gasteiger partial charge in [-0.1, -0.05) is 0 Å². The molecule has 1 atom stereocenters. The smallest absolute Gasteiger partial charge is 0.251 e. The minimum Gasteiger partial charge on any atom is -0.395 e. The van der Waals surface area contributed by atoms with E-state index in [1.807, 2.05) is 4.90 Å². The molecule has 2 saturated heterocycles. The molecule has 2 fully saturated rings. The minimum atomic E-state index is -0.441. The molecule has 2 amide bonds. The van der Waals surface area contributed by atoms with E-state index in [2.05, 4.69) is 4.90 Å². The number of nitrogens with zero attached hydrogens (tertiary/aromatic N) is 3. The Morgan fingerprint density at radius 1 is 1.09 bits per heavy atom. The number of piperazine rings is 1. The Labute approximate surface area is 134 Å². The topological polar surface area (TPSA) is 64.1 Å². The zero-order valence-electron chi connectivity index (χ0n) is 12.8. The molecule has 3 rings (SSSR count). The highest BCUT2D eigenvalue weighted by molar-refractivity contribution is 6.22. The van der Waals surface area contributed by atoms with Gasteiger partial charge in [0.1, 0.15) is 5.82 Å². The summed E-state index contributed by atoms with van der Waals surface area (Å²) >= 11 is 0. The van der Waals surface area contributed by atoms with Crippen LogP contribution < -0.4 is 4.90 Å². The standard InChI is InChI=1S/C16H20FN3O3/c17-12-1-3-13(4-2-12)20-15(22)11-14(16(20)23)19-7-5-18(6-8-19)9-10-21/h1-4,14,21H,5-11H2. The van der Waals surface area contributed by atoms with Crippen LogP contribution in [0.2, 0.25) is 0 Å². The molecule has 0 radical (unpaired) electrons. The first-order valence-electron chi connectivity index (χ1n) is 7.80. The summed E-state index contributed by atoms with van der Waals surface area (Å²) in [7, 11) is 0. The highest BCUT2D eigenvalue weighted by atomic mass is 19.1. The van der Waals surface area contributed by atoms with E-state index >= 15 is 0 Å². The number of anilines is 1. The number of carbonyl (C=O) groups excluding carboxylic acids is 2. The van der Waals surface area contributed by atoms with Crippen molar-refractivity contribution in [2.75, 3.05) is 44.2 Å². The first-order chi connectivity index (χ1) is 11.1. The number of hydrogen-bond acceptors (Lipinski definition) is 5. The third-order valence-electron chi connectivity index (χ3n) is 4.47. The highest BCUT2D eigenvalue weighted by Crippen LogP contribution is 2.26. The number of carbonyl (C=O) groups is 2. The molecule has 0 saturated carbocycles. The van der Waals surface area contributed by atoms with Crippen LogP contribution in [0.15, 0.2) is 24.3 Å². The molecule has 0 spiro atoms. The van der Waals surface area contributed by atoms with Gasteiger partial charge < -0.3 is 5.11 Å². The Bertz CT molecular complexity index is 585. The van der Waals surface area contributed by atoms with Crippen molar-refractivity contribution in [2.24, 2.45) is 0 Å². The van der Waals surface area contributed by atoms with E-state index in [1.165, 1.54) is 24.3 Å². The van der Waals surface area contributed by atoms with Gasteiger partial charge in [-0.05, 0) is 24.3 Å². The summed E-state index contributed by atoms with van der Waals surface area (Å²) in [6.07, 6.45) is 0.163. The van der Waals surface area contributed by atoms with Gasteiger partial charge in [0, 0.05) is 32.7 Å². The Morgan fingerprint density at radius 3 is 2.35 bits per heavy atom. The van der Waals surface area contributed by atoms with E-state index in [-0.39, 0.29) is 24.8 Å². The van der Waals surface area contributed by atoms with Crippen LogP contribution in [0.3, 0.4) is 0 Å². The number of imide groups is 1. The number of benzene rings is 1. The molecule has 6 nitrogen and oxygen atoms in total. The summed E-state index contributed by atoms with van der Waals surface area (Å²) in [6.45, 7) is 3.69. The maximum Gasteiger partial charge on any atom is 0.251 e. The predicted octanol–water partition coefficient (Wildman–Crippen LogP) is 0.0675. The van der Waals surface area contributed by atoms with Crippen LogP contribution in [0.25, 0.3) is 0 Å². The van der Waals surface area contributed by atoms with Gasteiger partial charge in [0.2, 0.25) is 5.91 Å². The number of halogens is 1. The highest BCUT2D eigenvalue weighted by Gasteiger charge is 2.43. The summed E-state index contributed by atoms with van der Waals surface area (Å²) in [4.78, 5) is 30.2. The van der Waals surface area contributed by atoms with Crippen LogP contribution in [0, 0.1) is 5.82 Å². The maximum absolute atomic E-state index is 13.0. The second kappa shape index (κ2) is 6.74. The van der Waals surface area contributed by atoms with Gasteiger partial charge >= 0.3 is 0 Å². The van der Waals surface area contributed by atoms with Gasteiger partial charge in [-0.2, -0.15) is 0 Å². The van der Waals surface area contributed by atoms with Gasteiger partial charge in [0.25, 0.3) is 5.91 Å². The summed E-state index contributed by atoms with van der Waals surface area (Å²) in [5.74, 6) is -0.883. The van der Waals surface area contributed by atoms with Crippen molar-refractivity contribution < 1.29 is 19.1 Å². The number of hydrogen-bond donors (Lipinski definition) is 1. The summed E-state index contributed by atoms with van der Waals surface area (Å²) in [5.41, 5.74) is 0.419. The number of aliphatic hydroxyl groups is 1. The van der Waals surface area contributed by atoms with Crippen molar-refractivity contribution in [1.82, 2.24) is 9.80 Å². The van der Waals surface area contributed by atoms with E-state index in [1.54, 1.807) is 0 Å². The Balaban J connectivity index is 1.68. The Kier molecular flexibility index (Phi) is 4.70. The molecule has 1 aromatic carbocycles. The van der Waals surface area contributed by atoms with Crippen LogP contribution in [0.5, 0.6) is 0 Å². The van der Waals surface area contributed by atoms with Gasteiger partial charge in [0.15, 0.2) is 0 Å². The number of amides is 2. The lowest BCUT2D eigenvalue weighted by molar-refractivity contribution is -0.123. The van der Waals surface area contributed by atoms with Crippen LogP contribution in [0.4, 0.5) is 10.1 Å². The molecule has 0 bridgehead atoms. The molecule has 7 heteroatoms. The third kappa shape index (κ3) is 3.26. The van der Waals surface area contributed by atoms with Gasteiger partial charge in [-0.15, -0.1) is 0 Å². The van der Waals surface area contributed by atoms with Crippen LogP contribution in [-0.2, 0) is 9.59 Å². The second-order valence-electron chi connectivity index (χ2n) is 5.86. The average molecular weight is 321 g/mol. The monoisotopic (exact) mass is 321 g/mol. The summed E-state index contributed by atoms with van der Waals surface area (Å²) in [6, 6.07) is 4.96. The van der Waals surface area contributed by atoms with Gasteiger partial charge in [-0.3, -0.25) is 19.4 Å². The van der Waals surface area contributed by atoms with Crippen LogP contribution >= 0.6 is 0 Å². The minimum absolute atomic E-state index is 0.124. The predicted molar refractivity (Wildman–Crippen MR) is 82.4 cm³/mol. The molecule has 1 aromatic rings. The zero-order valence-corrected chi connectivity index (χ0v) is 12.8. The number of aliphatic hydroxyl groups excluding tert-OH is 1. The number of β-amino-alcohol motifs (C(OH)–C–C–N with tert-alkyl or cyclic N) is 1. The lowest BCUT2D eigenvalue weighted by Crippen LogP contribution is -2.52. The quantitative estimate of drug-likeness (QED) is 0.795. The van der Waals surface area contributed by atoms with Crippen molar-refractivity contribution in [3.63, 3.8) is 0 Å². The molecule has 0 aliphatic carbocycles. The molecule has 124 valence electrons. The first kappa shape index (κ1) is 16.0. The fourth-order valence-corrected chi connectivity index (χ4v) is 3.20. The van der Waals surface area contributed by atoms with Gasteiger partial charge in [-0.25, -0.2) is 9.29 Å². The van der Waals surface area contributed by atoms with Crippen LogP contribution in [0.1, 0.15) is 6.42 Å². The van der Waals surface area contributed by atoms with E-state index in [9.17, 15) is 14.0 Å². The van der Waals surface area contributed by atoms with E-state index in [0.717, 1.165) is 18.0 Å². The Hall–Kier alpha value is -1.83. The second-order valence-corrected chi connectivity index (χ2v) is 5.86. The lowest BCUT2D eigenvalue weighted by Gasteiger charge is -2.36. The third-order valence-corrected chi connectivity index (χ3v) is 4.47. The van der Waals surface area contributed by atoms with Crippen molar-refractivity contribution in [3.8, 4) is 0 Å². The molecule has 2 heterocycles. The molecular formula is C16H20FN3O3. The van der Waals surface area contributed by atoms with E-state index < -0.39 is 11.9 Å². The molecular weight excluding hydrogens is 301 g/mol. The number of rotatable bonds is 4. The SMILES string of the molecule is O=C1CC(N2CCN(CCO)CC2)C(=O)N1c1ccc(F)cc1. The fraction of sp³-hybridized carbons (Fsp3) is 0.500. The largest absolute Gasteiger partial charge is 0.395 e. The molecule has 1 unspecified atom stereocenters. The van der Waals surface area contributed by atoms with Gasteiger partial charge in [0.05, 0.1) is 24.8 Å². The van der Waals surface area contributed by atoms with Crippen molar-refractivity contribution in [2.45, 2.75) is 12.5 Å². The fourth-order valence-electron chi connectivity index (χ4n) is 3.20. The van der Waals surface area contributed by atoms with Crippen LogP contribution in [-0.4, -0.2) is 72.1 Å². The molecule has 2 aliphatic rings. The summed E-state index contributed by atoms with van der Waals surface area (Å²) < 4.78 is 13.0. The molecule has 1 N–H and O–H groups in total. The summed E-state index contributed by atoms with van der Waals surface area (Å²) in [5, 5.41) is 8.97.